The second-order valence-electron chi connectivity index (χ2n) is 5.36. The van der Waals surface area contributed by atoms with E-state index in [1.165, 1.54) is 12.1 Å². The summed E-state index contributed by atoms with van der Waals surface area (Å²) in [5, 5.41) is 3.51. The van der Waals surface area contributed by atoms with E-state index in [1.807, 2.05) is 0 Å². The van der Waals surface area contributed by atoms with Gasteiger partial charge in [-0.2, -0.15) is 0 Å². The fourth-order valence-electron chi connectivity index (χ4n) is 1.63. The van der Waals surface area contributed by atoms with Gasteiger partial charge in [-0.05, 0) is 24.0 Å². The zero-order chi connectivity index (χ0) is 11.3. The number of rotatable bonds is 5. The van der Waals surface area contributed by atoms with Gasteiger partial charge in [0.2, 0.25) is 0 Å². The molecule has 0 saturated heterocycles. The lowest BCUT2D eigenvalue weighted by molar-refractivity contribution is 0.376. The first-order valence-corrected chi connectivity index (χ1v) is 5.87. The normalized spacial score (nSPS) is 12.0. The molecule has 15 heavy (non-hydrogen) atoms. The predicted molar refractivity (Wildman–Crippen MR) is 65.9 cm³/mol. The highest BCUT2D eigenvalue weighted by Crippen LogP contribution is 2.11. The highest BCUT2D eigenvalue weighted by atomic mass is 15.0. The van der Waals surface area contributed by atoms with Gasteiger partial charge in [-0.3, -0.25) is 0 Å². The number of nitrogens with one attached hydrogen (secondary N) is 1. The molecule has 86 valence electrons. The molecule has 1 aromatic rings. The van der Waals surface area contributed by atoms with E-state index in [1.54, 1.807) is 0 Å². The van der Waals surface area contributed by atoms with Crippen molar-refractivity contribution in [2.75, 3.05) is 6.54 Å². The molecule has 0 radical (unpaired) electrons. The van der Waals surface area contributed by atoms with E-state index in [2.05, 4.69) is 55.9 Å². The summed E-state index contributed by atoms with van der Waals surface area (Å²) in [6.45, 7) is 12.1. The van der Waals surface area contributed by atoms with Crippen molar-refractivity contribution in [3.63, 3.8) is 0 Å². The van der Waals surface area contributed by atoms with Crippen LogP contribution >= 0.6 is 0 Å². The molecule has 0 fully saturated rings. The van der Waals surface area contributed by atoms with Gasteiger partial charge < -0.3 is 9.88 Å². The molecule has 0 unspecified atom stereocenters. The second kappa shape index (κ2) is 5.36. The van der Waals surface area contributed by atoms with Gasteiger partial charge in [0.1, 0.15) is 0 Å². The standard InChI is InChI=1S/C13H24N2/c1-5-8-15-9-6-7-12(15)10-14-11-13(2,3)4/h6-7,9,14H,5,8,10-11H2,1-4H3. The van der Waals surface area contributed by atoms with E-state index < -0.39 is 0 Å². The van der Waals surface area contributed by atoms with Gasteiger partial charge in [-0.25, -0.2) is 0 Å². The summed E-state index contributed by atoms with van der Waals surface area (Å²) >= 11 is 0. The van der Waals surface area contributed by atoms with Crippen LogP contribution in [0.3, 0.4) is 0 Å². The molecule has 1 aromatic heterocycles. The zero-order valence-electron chi connectivity index (χ0n) is 10.5. The third-order valence-corrected chi connectivity index (χ3v) is 2.35. The third-order valence-electron chi connectivity index (χ3n) is 2.35. The van der Waals surface area contributed by atoms with Crippen LogP contribution in [-0.2, 0) is 13.1 Å². The zero-order valence-corrected chi connectivity index (χ0v) is 10.5. The molecular formula is C13H24N2. The van der Waals surface area contributed by atoms with Gasteiger partial charge in [0.05, 0.1) is 0 Å². The maximum Gasteiger partial charge on any atom is 0.0359 e. The van der Waals surface area contributed by atoms with E-state index >= 15 is 0 Å². The third kappa shape index (κ3) is 4.52. The molecular weight excluding hydrogens is 184 g/mol. The summed E-state index contributed by atoms with van der Waals surface area (Å²) in [6, 6.07) is 4.33. The Kier molecular flexibility index (Phi) is 4.40. The Morgan fingerprint density at radius 1 is 1.33 bits per heavy atom. The van der Waals surface area contributed by atoms with Crippen LogP contribution in [-0.4, -0.2) is 11.1 Å². The van der Waals surface area contributed by atoms with Crippen molar-refractivity contribution in [1.29, 1.82) is 0 Å². The van der Waals surface area contributed by atoms with Crippen molar-refractivity contribution in [1.82, 2.24) is 9.88 Å². The summed E-state index contributed by atoms with van der Waals surface area (Å²) in [5.74, 6) is 0. The highest BCUT2D eigenvalue weighted by molar-refractivity contribution is 5.06. The number of nitrogens with zero attached hydrogens (tertiary/aromatic N) is 1. The quantitative estimate of drug-likeness (QED) is 0.787. The second-order valence-corrected chi connectivity index (χ2v) is 5.36. The number of aryl methyl sites for hydroxylation is 1. The van der Waals surface area contributed by atoms with Crippen LogP contribution in [0.1, 0.15) is 39.8 Å². The lowest BCUT2D eigenvalue weighted by atomic mass is 9.97. The van der Waals surface area contributed by atoms with E-state index in [0.717, 1.165) is 19.6 Å². The summed E-state index contributed by atoms with van der Waals surface area (Å²) < 4.78 is 2.33. The summed E-state index contributed by atoms with van der Waals surface area (Å²) in [6.07, 6.45) is 3.36. The van der Waals surface area contributed by atoms with Crippen molar-refractivity contribution < 1.29 is 0 Å². The average Bonchev–Trinajstić information content (AvgIpc) is 2.51. The number of aromatic nitrogens is 1. The minimum absolute atomic E-state index is 0.363. The Morgan fingerprint density at radius 3 is 2.67 bits per heavy atom. The number of hydrogen-bond donors (Lipinski definition) is 1. The largest absolute Gasteiger partial charge is 0.350 e. The molecule has 1 heterocycles. The van der Waals surface area contributed by atoms with Crippen molar-refractivity contribution in [3.8, 4) is 0 Å². The molecule has 0 amide bonds. The molecule has 0 spiro atoms. The van der Waals surface area contributed by atoms with E-state index in [9.17, 15) is 0 Å². The molecule has 0 aliphatic carbocycles. The summed E-state index contributed by atoms with van der Waals surface area (Å²) in [5.41, 5.74) is 1.75. The Bertz CT molecular complexity index is 281. The topological polar surface area (TPSA) is 17.0 Å². The van der Waals surface area contributed by atoms with Crippen molar-refractivity contribution in [2.45, 2.75) is 47.2 Å². The lowest BCUT2D eigenvalue weighted by Gasteiger charge is -2.19. The fourth-order valence-corrected chi connectivity index (χ4v) is 1.63. The molecule has 1 N–H and O–H groups in total. The fraction of sp³-hybridized carbons (Fsp3) is 0.692. The maximum absolute atomic E-state index is 3.51. The van der Waals surface area contributed by atoms with Gasteiger partial charge in [0.15, 0.2) is 0 Å². The van der Waals surface area contributed by atoms with Gasteiger partial charge in [0, 0.05) is 31.5 Å². The molecule has 0 aliphatic rings. The first-order chi connectivity index (χ1) is 7.03. The highest BCUT2D eigenvalue weighted by Gasteiger charge is 2.09. The minimum atomic E-state index is 0.363. The monoisotopic (exact) mass is 208 g/mol. The van der Waals surface area contributed by atoms with E-state index in [0.29, 0.717) is 5.41 Å². The van der Waals surface area contributed by atoms with Crippen LogP contribution in [0.5, 0.6) is 0 Å². The smallest absolute Gasteiger partial charge is 0.0359 e. The van der Waals surface area contributed by atoms with Crippen LogP contribution < -0.4 is 5.32 Å². The SMILES string of the molecule is CCCn1cccc1CNCC(C)(C)C. The Labute approximate surface area is 93.7 Å². The number of hydrogen-bond acceptors (Lipinski definition) is 1. The predicted octanol–water partition coefficient (Wildman–Crippen LogP) is 3.03. The van der Waals surface area contributed by atoms with E-state index in [-0.39, 0.29) is 0 Å². The van der Waals surface area contributed by atoms with Gasteiger partial charge in [0.25, 0.3) is 0 Å². The molecule has 1 rings (SSSR count). The lowest BCUT2D eigenvalue weighted by Crippen LogP contribution is -2.27. The van der Waals surface area contributed by atoms with Crippen molar-refractivity contribution in [2.24, 2.45) is 5.41 Å². The summed E-state index contributed by atoms with van der Waals surface area (Å²) in [7, 11) is 0. The molecule has 2 nitrogen and oxygen atoms in total. The first kappa shape index (κ1) is 12.3. The molecule has 0 aliphatic heterocycles. The molecule has 0 atom stereocenters. The molecule has 0 saturated carbocycles. The molecule has 0 aromatic carbocycles. The Balaban J connectivity index is 2.40. The van der Waals surface area contributed by atoms with Gasteiger partial charge in [-0.1, -0.05) is 27.7 Å². The molecule has 0 bridgehead atoms. The average molecular weight is 208 g/mol. The van der Waals surface area contributed by atoms with Crippen LogP contribution in [0.4, 0.5) is 0 Å². The van der Waals surface area contributed by atoms with Gasteiger partial charge in [-0.15, -0.1) is 0 Å². The van der Waals surface area contributed by atoms with Gasteiger partial charge >= 0.3 is 0 Å². The van der Waals surface area contributed by atoms with Crippen LogP contribution in [0.15, 0.2) is 18.3 Å². The summed E-state index contributed by atoms with van der Waals surface area (Å²) in [4.78, 5) is 0. The van der Waals surface area contributed by atoms with Crippen LogP contribution in [0.2, 0.25) is 0 Å². The van der Waals surface area contributed by atoms with Crippen molar-refractivity contribution in [3.05, 3.63) is 24.0 Å². The minimum Gasteiger partial charge on any atom is -0.350 e. The Hall–Kier alpha value is -0.760. The Morgan fingerprint density at radius 2 is 2.07 bits per heavy atom. The maximum atomic E-state index is 3.51. The van der Waals surface area contributed by atoms with Crippen LogP contribution in [0, 0.1) is 5.41 Å². The first-order valence-electron chi connectivity index (χ1n) is 5.87. The van der Waals surface area contributed by atoms with Crippen molar-refractivity contribution >= 4 is 0 Å². The van der Waals surface area contributed by atoms with Crippen LogP contribution in [0.25, 0.3) is 0 Å². The van der Waals surface area contributed by atoms with E-state index in [4.69, 9.17) is 0 Å². The molecule has 2 heteroatoms.